The van der Waals surface area contributed by atoms with E-state index in [1.165, 1.54) is 0 Å². The summed E-state index contributed by atoms with van der Waals surface area (Å²) in [6, 6.07) is 4.77. The molecule has 0 bridgehead atoms. The molecule has 0 atom stereocenters. The van der Waals surface area contributed by atoms with Crippen molar-refractivity contribution >= 4 is 46.5 Å². The average Bonchev–Trinajstić information content (AvgIpc) is 3.12. The first-order valence-corrected chi connectivity index (χ1v) is 11.4. The van der Waals surface area contributed by atoms with E-state index in [0.29, 0.717) is 51.2 Å². The lowest BCUT2D eigenvalue weighted by atomic mass is 10.0. The molecule has 0 saturated heterocycles. The van der Waals surface area contributed by atoms with Gasteiger partial charge in [-0.15, -0.1) is 0 Å². The summed E-state index contributed by atoms with van der Waals surface area (Å²) in [7, 11) is 0. The zero-order valence-corrected chi connectivity index (χ0v) is 19.3. The molecule has 33 heavy (non-hydrogen) atoms. The Morgan fingerprint density at radius 3 is 2.48 bits per heavy atom. The number of hydrogen-bond acceptors (Lipinski definition) is 6. The minimum atomic E-state index is -0.681. The molecule has 1 aliphatic carbocycles. The minimum absolute atomic E-state index is 0.305. The summed E-state index contributed by atoms with van der Waals surface area (Å²) >= 11 is 12.1. The maximum atomic E-state index is 13.3. The van der Waals surface area contributed by atoms with Crippen molar-refractivity contribution in [3.8, 4) is 0 Å². The van der Waals surface area contributed by atoms with Crippen molar-refractivity contribution in [1.29, 1.82) is 0 Å². The Labute approximate surface area is 199 Å². The number of nitrogens with one attached hydrogen (secondary N) is 5. The number of halogens is 2. The minimum Gasteiger partial charge on any atom is -0.340 e. The van der Waals surface area contributed by atoms with Gasteiger partial charge < -0.3 is 26.1 Å². The second-order valence-corrected chi connectivity index (χ2v) is 9.35. The molecule has 2 aliphatic heterocycles. The van der Waals surface area contributed by atoms with Crippen molar-refractivity contribution in [1.82, 2.24) is 26.3 Å². The summed E-state index contributed by atoms with van der Waals surface area (Å²) in [5, 5.41) is 6.48. The van der Waals surface area contributed by atoms with Crippen LogP contribution >= 0.6 is 23.2 Å². The zero-order chi connectivity index (χ0) is 23.3. The third-order valence-electron chi connectivity index (χ3n) is 6.28. The van der Waals surface area contributed by atoms with Crippen molar-refractivity contribution in [3.05, 3.63) is 62.7 Å². The van der Waals surface area contributed by atoms with E-state index in [-0.39, 0.29) is 5.91 Å². The lowest BCUT2D eigenvalue weighted by Gasteiger charge is -2.18. The fourth-order valence-electron chi connectivity index (χ4n) is 4.61. The van der Waals surface area contributed by atoms with Gasteiger partial charge in [0.05, 0.1) is 16.8 Å². The number of aromatic nitrogens is 1. The molecule has 0 spiro atoms. The van der Waals surface area contributed by atoms with Crippen LogP contribution < -0.4 is 27.0 Å². The molecular weight excluding hydrogens is 467 g/mol. The maximum absolute atomic E-state index is 13.3. The number of hydrazine groups is 2. The molecule has 2 aromatic rings. The number of carbonyl (C=O) groups is 3. The van der Waals surface area contributed by atoms with E-state index in [1.54, 1.807) is 31.3 Å². The standard InChI is InChI=1S/C22H22Cl2N6O3/c1-11-17(19(31)21(33)27-22(4-5-22)16-10-25-29-28-16)15-3-2-6-30(15)18(11)20(32)26-14-8-12(23)7-13(24)9-14/h7-10,25,28-29H,2-6H2,1H3,(H,26,32)(H,27,33). The van der Waals surface area contributed by atoms with Gasteiger partial charge in [0.25, 0.3) is 17.6 Å². The third-order valence-corrected chi connectivity index (χ3v) is 6.72. The largest absolute Gasteiger partial charge is 0.340 e. The van der Waals surface area contributed by atoms with E-state index in [9.17, 15) is 14.4 Å². The normalized spacial score (nSPS) is 17.5. The number of hydrogen-bond donors (Lipinski definition) is 5. The summed E-state index contributed by atoms with van der Waals surface area (Å²) in [6.45, 7) is 2.30. The smallest absolute Gasteiger partial charge is 0.293 e. The zero-order valence-electron chi connectivity index (χ0n) is 17.8. The van der Waals surface area contributed by atoms with Crippen molar-refractivity contribution in [2.75, 3.05) is 5.32 Å². The molecule has 2 amide bonds. The average molecular weight is 489 g/mol. The molecular formula is C22H22Cl2N6O3. The molecule has 5 N–H and O–H groups in total. The Morgan fingerprint density at radius 1 is 1.12 bits per heavy atom. The first kappa shape index (κ1) is 21.8. The maximum Gasteiger partial charge on any atom is 0.293 e. The highest BCUT2D eigenvalue weighted by Gasteiger charge is 2.50. The molecule has 1 aromatic heterocycles. The Bertz CT molecular complexity index is 1210. The van der Waals surface area contributed by atoms with Crippen LogP contribution in [0, 0.1) is 6.92 Å². The van der Waals surface area contributed by atoms with Gasteiger partial charge in [-0.2, -0.15) is 5.53 Å². The van der Waals surface area contributed by atoms with Gasteiger partial charge in [-0.05, 0) is 56.4 Å². The number of Topliss-reactive ketones (excluding diaryl/α,β-unsaturated/α-hetero) is 1. The SMILES string of the molecule is Cc1c(C(=O)C(=O)NC2(C3=CNNN3)CC2)c2n(c1C(=O)Nc1cc(Cl)cc(Cl)c1)CCC2. The summed E-state index contributed by atoms with van der Waals surface area (Å²) in [6.07, 6.45) is 4.60. The van der Waals surface area contributed by atoms with Crippen LogP contribution in [0.1, 0.15) is 51.4 Å². The topological polar surface area (TPSA) is 116 Å². The molecule has 11 heteroatoms. The molecule has 0 radical (unpaired) electrons. The Hall–Kier alpha value is -3.01. The van der Waals surface area contributed by atoms with Crippen molar-refractivity contribution in [2.45, 2.75) is 44.7 Å². The summed E-state index contributed by atoms with van der Waals surface area (Å²) in [5.74, 6) is -1.70. The molecule has 1 fully saturated rings. The van der Waals surface area contributed by atoms with E-state index >= 15 is 0 Å². The van der Waals surface area contributed by atoms with Gasteiger partial charge in [-0.1, -0.05) is 23.2 Å². The molecule has 3 aliphatic rings. The van der Waals surface area contributed by atoms with E-state index in [2.05, 4.69) is 27.0 Å². The van der Waals surface area contributed by atoms with Gasteiger partial charge in [-0.3, -0.25) is 14.4 Å². The van der Waals surface area contributed by atoms with E-state index in [4.69, 9.17) is 23.2 Å². The fourth-order valence-corrected chi connectivity index (χ4v) is 5.13. The van der Waals surface area contributed by atoms with Gasteiger partial charge in [0.15, 0.2) is 0 Å². The number of nitrogens with zero attached hydrogens (tertiary/aromatic N) is 1. The van der Waals surface area contributed by atoms with E-state index in [1.807, 2.05) is 4.57 Å². The first-order valence-electron chi connectivity index (χ1n) is 10.6. The third kappa shape index (κ3) is 3.86. The van der Waals surface area contributed by atoms with Crippen LogP contribution in [0.5, 0.6) is 0 Å². The van der Waals surface area contributed by atoms with Crippen LogP contribution in [-0.2, 0) is 17.8 Å². The Morgan fingerprint density at radius 2 is 1.85 bits per heavy atom. The molecule has 9 nitrogen and oxygen atoms in total. The number of benzene rings is 1. The van der Waals surface area contributed by atoms with Gasteiger partial charge in [0, 0.05) is 34.2 Å². The molecule has 172 valence electrons. The van der Waals surface area contributed by atoms with Crippen LogP contribution in [0.15, 0.2) is 30.1 Å². The van der Waals surface area contributed by atoms with Crippen LogP contribution in [0.25, 0.3) is 0 Å². The lowest BCUT2D eigenvalue weighted by Crippen LogP contribution is -2.46. The predicted molar refractivity (Wildman–Crippen MR) is 124 cm³/mol. The highest BCUT2D eigenvalue weighted by atomic mass is 35.5. The van der Waals surface area contributed by atoms with Crippen LogP contribution in [0.3, 0.4) is 0 Å². The monoisotopic (exact) mass is 488 g/mol. The van der Waals surface area contributed by atoms with E-state index in [0.717, 1.165) is 25.0 Å². The van der Waals surface area contributed by atoms with Crippen LogP contribution in [0.4, 0.5) is 5.69 Å². The number of amides is 2. The second kappa shape index (κ2) is 8.09. The van der Waals surface area contributed by atoms with Crippen LogP contribution in [-0.4, -0.2) is 27.7 Å². The quantitative estimate of drug-likeness (QED) is 0.315. The summed E-state index contributed by atoms with van der Waals surface area (Å²) < 4.78 is 1.83. The number of anilines is 1. The number of fused-ring (bicyclic) bond motifs is 1. The molecule has 5 rings (SSSR count). The first-order chi connectivity index (χ1) is 15.8. The van der Waals surface area contributed by atoms with Gasteiger partial charge in [-0.25, -0.2) is 0 Å². The summed E-state index contributed by atoms with van der Waals surface area (Å²) in [4.78, 5) is 39.4. The van der Waals surface area contributed by atoms with Crippen LogP contribution in [0.2, 0.25) is 10.0 Å². The van der Waals surface area contributed by atoms with Crippen molar-refractivity contribution in [3.63, 3.8) is 0 Å². The summed E-state index contributed by atoms with van der Waals surface area (Å²) in [5.41, 5.74) is 11.0. The predicted octanol–water partition coefficient (Wildman–Crippen LogP) is 2.59. The van der Waals surface area contributed by atoms with Gasteiger partial charge >= 0.3 is 0 Å². The van der Waals surface area contributed by atoms with E-state index < -0.39 is 17.2 Å². The Kier molecular flexibility index (Phi) is 5.35. The number of ketones is 1. The number of rotatable bonds is 6. The Balaban J connectivity index is 1.42. The number of carbonyl (C=O) groups excluding carboxylic acids is 3. The van der Waals surface area contributed by atoms with Crippen molar-refractivity contribution in [2.24, 2.45) is 0 Å². The highest BCUT2D eigenvalue weighted by Crippen LogP contribution is 2.41. The fraction of sp³-hybridized carbons (Fsp3) is 0.318. The molecule has 0 unspecified atom stereocenters. The highest BCUT2D eigenvalue weighted by molar-refractivity contribution is 6.44. The molecule has 3 heterocycles. The molecule has 1 aromatic carbocycles. The van der Waals surface area contributed by atoms with Gasteiger partial charge in [0.1, 0.15) is 5.69 Å². The van der Waals surface area contributed by atoms with Gasteiger partial charge in [0.2, 0.25) is 0 Å². The molecule has 1 saturated carbocycles. The van der Waals surface area contributed by atoms with Crippen molar-refractivity contribution < 1.29 is 14.4 Å². The second-order valence-electron chi connectivity index (χ2n) is 8.48. The lowest BCUT2D eigenvalue weighted by molar-refractivity contribution is -0.117.